The van der Waals surface area contributed by atoms with E-state index in [0.29, 0.717) is 6.04 Å². The average Bonchev–Trinajstić information content (AvgIpc) is 2.19. The molecule has 14 heavy (non-hydrogen) atoms. The molecular weight excluding hydrogens is 196 g/mol. The molecule has 1 unspecified atom stereocenters. The second-order valence-corrected chi connectivity index (χ2v) is 4.82. The molecule has 0 aromatic heterocycles. The highest BCUT2D eigenvalue weighted by Gasteiger charge is 2.21. The fourth-order valence-corrected chi connectivity index (χ4v) is 2.31. The zero-order valence-corrected chi connectivity index (χ0v) is 9.82. The van der Waals surface area contributed by atoms with Crippen LogP contribution in [0.3, 0.4) is 0 Å². The van der Waals surface area contributed by atoms with E-state index in [1.54, 1.807) is 11.8 Å². The topological polar surface area (TPSA) is 41.1 Å². The van der Waals surface area contributed by atoms with E-state index in [2.05, 4.69) is 23.8 Å². The van der Waals surface area contributed by atoms with E-state index in [0.717, 1.165) is 31.7 Å². The molecule has 1 fully saturated rings. The van der Waals surface area contributed by atoms with E-state index in [1.807, 2.05) is 0 Å². The number of amides is 1. The van der Waals surface area contributed by atoms with Gasteiger partial charge in [0.1, 0.15) is 0 Å². The molecule has 2 N–H and O–H groups in total. The van der Waals surface area contributed by atoms with Crippen LogP contribution in [0.4, 0.5) is 0 Å². The summed E-state index contributed by atoms with van der Waals surface area (Å²) in [6.07, 6.45) is 4.21. The number of hydrogen-bond acceptors (Lipinski definition) is 3. The lowest BCUT2D eigenvalue weighted by Gasteiger charge is -2.23. The summed E-state index contributed by atoms with van der Waals surface area (Å²) in [5.41, 5.74) is 0. The first kappa shape index (κ1) is 11.9. The molecule has 0 aromatic carbocycles. The van der Waals surface area contributed by atoms with Crippen molar-refractivity contribution in [2.75, 3.05) is 25.1 Å². The van der Waals surface area contributed by atoms with E-state index in [4.69, 9.17) is 0 Å². The Morgan fingerprint density at radius 3 is 3.07 bits per heavy atom. The minimum atomic E-state index is 0.188. The van der Waals surface area contributed by atoms with E-state index in [-0.39, 0.29) is 11.8 Å². The Kier molecular flexibility index (Phi) is 5.33. The number of piperidine rings is 1. The highest BCUT2D eigenvalue weighted by Crippen LogP contribution is 2.10. The second-order valence-electron chi connectivity index (χ2n) is 3.91. The van der Waals surface area contributed by atoms with Crippen LogP contribution in [-0.4, -0.2) is 37.0 Å². The summed E-state index contributed by atoms with van der Waals surface area (Å²) in [5.74, 6) is 1.40. The van der Waals surface area contributed by atoms with Gasteiger partial charge in [-0.2, -0.15) is 11.8 Å². The maximum absolute atomic E-state index is 11.7. The molecule has 1 heterocycles. The van der Waals surface area contributed by atoms with Gasteiger partial charge in [0, 0.05) is 18.3 Å². The van der Waals surface area contributed by atoms with Crippen LogP contribution in [-0.2, 0) is 4.79 Å². The zero-order valence-electron chi connectivity index (χ0n) is 9.01. The Labute approximate surface area is 90.4 Å². The molecule has 82 valence electrons. The molecule has 1 saturated heterocycles. The monoisotopic (exact) mass is 216 g/mol. The highest BCUT2D eigenvalue weighted by molar-refractivity contribution is 7.98. The summed E-state index contributed by atoms with van der Waals surface area (Å²) < 4.78 is 0. The van der Waals surface area contributed by atoms with Crippen molar-refractivity contribution in [1.82, 2.24) is 10.6 Å². The van der Waals surface area contributed by atoms with Crippen molar-refractivity contribution in [2.45, 2.75) is 25.8 Å². The molecule has 1 rings (SSSR count). The Morgan fingerprint density at radius 2 is 2.50 bits per heavy atom. The van der Waals surface area contributed by atoms with Crippen molar-refractivity contribution >= 4 is 17.7 Å². The molecule has 1 amide bonds. The first-order valence-corrected chi connectivity index (χ1v) is 6.63. The van der Waals surface area contributed by atoms with Gasteiger partial charge in [-0.25, -0.2) is 0 Å². The van der Waals surface area contributed by atoms with Crippen molar-refractivity contribution in [3.05, 3.63) is 0 Å². The summed E-state index contributed by atoms with van der Waals surface area (Å²) in [4.78, 5) is 11.7. The third kappa shape index (κ3) is 3.88. The molecule has 4 heteroatoms. The Morgan fingerprint density at radius 1 is 1.71 bits per heavy atom. The fourth-order valence-electron chi connectivity index (χ4n) is 1.73. The van der Waals surface area contributed by atoms with Gasteiger partial charge in [-0.15, -0.1) is 0 Å². The number of rotatable bonds is 4. The van der Waals surface area contributed by atoms with Crippen LogP contribution < -0.4 is 10.6 Å². The maximum atomic E-state index is 11.7. The summed E-state index contributed by atoms with van der Waals surface area (Å²) in [5, 5.41) is 6.31. The largest absolute Gasteiger partial charge is 0.353 e. The van der Waals surface area contributed by atoms with Gasteiger partial charge in [0.2, 0.25) is 5.91 Å². The van der Waals surface area contributed by atoms with Gasteiger partial charge < -0.3 is 10.6 Å². The molecule has 1 aliphatic rings. The SMILES string of the molecule is CSCC(C)NC(=O)[C@@H]1CCCNC1. The molecule has 0 radical (unpaired) electrons. The Balaban J connectivity index is 2.25. The van der Waals surface area contributed by atoms with Crippen LogP contribution >= 0.6 is 11.8 Å². The lowest BCUT2D eigenvalue weighted by Crippen LogP contribution is -2.44. The molecule has 0 spiro atoms. The van der Waals surface area contributed by atoms with Gasteiger partial charge in [-0.05, 0) is 32.6 Å². The second kappa shape index (κ2) is 6.30. The lowest BCUT2D eigenvalue weighted by atomic mass is 9.98. The number of nitrogens with one attached hydrogen (secondary N) is 2. The summed E-state index contributed by atoms with van der Waals surface area (Å²) in [6.45, 7) is 3.96. The minimum absolute atomic E-state index is 0.188. The van der Waals surface area contributed by atoms with Crippen LogP contribution in [0.5, 0.6) is 0 Å². The summed E-state index contributed by atoms with van der Waals surface area (Å²) >= 11 is 1.77. The van der Waals surface area contributed by atoms with Crippen molar-refractivity contribution < 1.29 is 4.79 Å². The van der Waals surface area contributed by atoms with E-state index in [1.165, 1.54) is 0 Å². The quantitative estimate of drug-likeness (QED) is 0.732. The molecule has 0 saturated carbocycles. The first-order valence-electron chi connectivity index (χ1n) is 5.24. The van der Waals surface area contributed by atoms with E-state index < -0.39 is 0 Å². The van der Waals surface area contributed by atoms with Crippen LogP contribution in [0, 0.1) is 5.92 Å². The molecule has 2 atom stereocenters. The predicted octanol–water partition coefficient (Wildman–Crippen LogP) is 0.854. The van der Waals surface area contributed by atoms with Crippen LogP contribution in [0.25, 0.3) is 0 Å². The Hall–Kier alpha value is -0.220. The fraction of sp³-hybridized carbons (Fsp3) is 0.900. The molecular formula is C10H20N2OS. The zero-order chi connectivity index (χ0) is 10.4. The smallest absolute Gasteiger partial charge is 0.224 e. The summed E-state index contributed by atoms with van der Waals surface area (Å²) in [6, 6.07) is 0.291. The summed E-state index contributed by atoms with van der Waals surface area (Å²) in [7, 11) is 0. The third-order valence-corrected chi connectivity index (χ3v) is 3.31. The van der Waals surface area contributed by atoms with Gasteiger partial charge in [-0.1, -0.05) is 0 Å². The number of carbonyl (C=O) groups excluding carboxylic acids is 1. The van der Waals surface area contributed by atoms with Gasteiger partial charge in [0.15, 0.2) is 0 Å². The van der Waals surface area contributed by atoms with E-state index >= 15 is 0 Å². The lowest BCUT2D eigenvalue weighted by molar-refractivity contribution is -0.125. The van der Waals surface area contributed by atoms with Crippen LogP contribution in [0.2, 0.25) is 0 Å². The number of hydrogen-bond donors (Lipinski definition) is 2. The number of carbonyl (C=O) groups is 1. The van der Waals surface area contributed by atoms with Gasteiger partial charge >= 0.3 is 0 Å². The number of thioether (sulfide) groups is 1. The first-order chi connectivity index (χ1) is 6.74. The van der Waals surface area contributed by atoms with Crippen molar-refractivity contribution in [3.8, 4) is 0 Å². The normalized spacial score (nSPS) is 24.3. The molecule has 0 aliphatic carbocycles. The van der Waals surface area contributed by atoms with E-state index in [9.17, 15) is 4.79 Å². The maximum Gasteiger partial charge on any atom is 0.224 e. The standard InChI is InChI=1S/C10H20N2OS/c1-8(7-14-2)12-10(13)9-4-3-5-11-6-9/h8-9,11H,3-7H2,1-2H3,(H,12,13)/t8?,9-/m1/s1. The minimum Gasteiger partial charge on any atom is -0.353 e. The van der Waals surface area contributed by atoms with Crippen LogP contribution in [0.15, 0.2) is 0 Å². The predicted molar refractivity (Wildman–Crippen MR) is 61.6 cm³/mol. The molecule has 0 bridgehead atoms. The molecule has 0 aromatic rings. The average molecular weight is 216 g/mol. The van der Waals surface area contributed by atoms with Gasteiger partial charge in [0.25, 0.3) is 0 Å². The third-order valence-electron chi connectivity index (χ3n) is 2.47. The van der Waals surface area contributed by atoms with Gasteiger partial charge in [-0.3, -0.25) is 4.79 Å². The van der Waals surface area contributed by atoms with Gasteiger partial charge in [0.05, 0.1) is 5.92 Å². The highest BCUT2D eigenvalue weighted by atomic mass is 32.2. The van der Waals surface area contributed by atoms with Crippen molar-refractivity contribution in [2.24, 2.45) is 5.92 Å². The van der Waals surface area contributed by atoms with Crippen LogP contribution in [0.1, 0.15) is 19.8 Å². The van der Waals surface area contributed by atoms with Crippen molar-refractivity contribution in [3.63, 3.8) is 0 Å². The Bertz CT molecular complexity index is 181. The van der Waals surface area contributed by atoms with Crippen molar-refractivity contribution in [1.29, 1.82) is 0 Å². The molecule has 3 nitrogen and oxygen atoms in total. The molecule has 1 aliphatic heterocycles.